The van der Waals surface area contributed by atoms with Gasteiger partial charge in [0.2, 0.25) is 0 Å². The summed E-state index contributed by atoms with van der Waals surface area (Å²) in [4.78, 5) is 10.3. The molecule has 1 rings (SSSR count). The summed E-state index contributed by atoms with van der Waals surface area (Å²) in [6.07, 6.45) is -1.03. The quantitative estimate of drug-likeness (QED) is 0.770. The average Bonchev–Trinajstić information content (AvgIpc) is 2.03. The lowest BCUT2D eigenvalue weighted by atomic mass is 10.1. The Bertz CT molecular complexity index is 314. The Balaban J connectivity index is 2.76. The molecule has 0 fully saturated rings. The van der Waals surface area contributed by atoms with E-state index in [0.29, 0.717) is 5.02 Å². The van der Waals surface area contributed by atoms with Gasteiger partial charge in [0.25, 0.3) is 0 Å². The number of benzene rings is 1. The van der Waals surface area contributed by atoms with Gasteiger partial charge in [-0.2, -0.15) is 0 Å². The van der Waals surface area contributed by atoms with E-state index in [2.05, 4.69) is 5.32 Å². The number of hydrogen-bond donors (Lipinski definition) is 2. The number of nitrogens with one attached hydrogen (secondary N) is 1. The van der Waals surface area contributed by atoms with E-state index in [9.17, 15) is 4.79 Å². The van der Waals surface area contributed by atoms with E-state index >= 15 is 0 Å². The van der Waals surface area contributed by atoms with Crippen LogP contribution in [-0.2, 0) is 0 Å². The number of amides is 1. The summed E-state index contributed by atoms with van der Waals surface area (Å²) < 4.78 is 0. The number of carboxylic acid groups (broad SMARTS) is 1. The Morgan fingerprint density at radius 2 is 2.31 bits per heavy atom. The molecule has 4 heteroatoms. The third-order valence-electron chi connectivity index (χ3n) is 1.69. The van der Waals surface area contributed by atoms with Gasteiger partial charge in [-0.1, -0.05) is 23.7 Å². The molecule has 13 heavy (non-hydrogen) atoms. The van der Waals surface area contributed by atoms with Crippen LogP contribution in [-0.4, -0.2) is 11.2 Å². The molecule has 0 bridgehead atoms. The van der Waals surface area contributed by atoms with Crippen LogP contribution in [0.1, 0.15) is 18.5 Å². The maximum atomic E-state index is 10.3. The smallest absolute Gasteiger partial charge is 0.405 e. The van der Waals surface area contributed by atoms with Crippen LogP contribution >= 0.6 is 11.6 Å². The fourth-order valence-electron chi connectivity index (χ4n) is 1.04. The first-order valence-corrected chi connectivity index (χ1v) is 4.22. The van der Waals surface area contributed by atoms with E-state index in [1.165, 1.54) is 0 Å². The lowest BCUT2D eigenvalue weighted by Crippen LogP contribution is -2.24. The highest BCUT2D eigenvalue weighted by Crippen LogP contribution is 2.16. The van der Waals surface area contributed by atoms with Crippen molar-refractivity contribution < 1.29 is 9.90 Å². The van der Waals surface area contributed by atoms with E-state index in [1.807, 2.05) is 6.07 Å². The summed E-state index contributed by atoms with van der Waals surface area (Å²) in [7, 11) is 0. The van der Waals surface area contributed by atoms with Crippen molar-refractivity contribution in [3.8, 4) is 0 Å². The summed E-state index contributed by atoms with van der Waals surface area (Å²) >= 11 is 5.75. The van der Waals surface area contributed by atoms with Crippen molar-refractivity contribution in [1.29, 1.82) is 0 Å². The molecule has 1 amide bonds. The fraction of sp³-hybridized carbons (Fsp3) is 0.222. The largest absolute Gasteiger partial charge is 0.465 e. The van der Waals surface area contributed by atoms with Crippen molar-refractivity contribution in [2.45, 2.75) is 13.0 Å². The predicted molar refractivity (Wildman–Crippen MR) is 51.0 cm³/mol. The molecule has 0 heterocycles. The van der Waals surface area contributed by atoms with Gasteiger partial charge in [-0.25, -0.2) is 4.79 Å². The van der Waals surface area contributed by atoms with Crippen molar-refractivity contribution in [3.05, 3.63) is 34.9 Å². The van der Waals surface area contributed by atoms with Gasteiger partial charge in [0, 0.05) is 5.02 Å². The average molecular weight is 200 g/mol. The van der Waals surface area contributed by atoms with Crippen LogP contribution in [0.2, 0.25) is 5.02 Å². The molecule has 0 saturated heterocycles. The topological polar surface area (TPSA) is 49.3 Å². The van der Waals surface area contributed by atoms with E-state index in [1.54, 1.807) is 25.1 Å². The Hall–Kier alpha value is -1.22. The second kappa shape index (κ2) is 4.14. The lowest BCUT2D eigenvalue weighted by molar-refractivity contribution is 0.191. The van der Waals surface area contributed by atoms with Gasteiger partial charge >= 0.3 is 6.09 Å². The molecule has 0 radical (unpaired) electrons. The van der Waals surface area contributed by atoms with Crippen LogP contribution in [0.3, 0.4) is 0 Å². The monoisotopic (exact) mass is 199 g/mol. The molecule has 1 atom stereocenters. The highest BCUT2D eigenvalue weighted by molar-refractivity contribution is 6.30. The van der Waals surface area contributed by atoms with Crippen LogP contribution in [0, 0.1) is 0 Å². The number of carbonyl (C=O) groups is 1. The van der Waals surface area contributed by atoms with E-state index < -0.39 is 6.09 Å². The third-order valence-corrected chi connectivity index (χ3v) is 1.92. The van der Waals surface area contributed by atoms with Crippen molar-refractivity contribution in [2.75, 3.05) is 0 Å². The number of rotatable bonds is 2. The molecule has 0 aliphatic rings. The fourth-order valence-corrected chi connectivity index (χ4v) is 1.24. The maximum absolute atomic E-state index is 10.3. The highest BCUT2D eigenvalue weighted by Gasteiger charge is 2.07. The van der Waals surface area contributed by atoms with Crippen LogP contribution in [0.5, 0.6) is 0 Å². The van der Waals surface area contributed by atoms with Gasteiger partial charge in [0.1, 0.15) is 0 Å². The molecule has 0 spiro atoms. The van der Waals surface area contributed by atoms with Crippen molar-refractivity contribution in [2.24, 2.45) is 0 Å². The zero-order valence-electron chi connectivity index (χ0n) is 7.12. The molecule has 0 aliphatic carbocycles. The van der Waals surface area contributed by atoms with E-state index in [-0.39, 0.29) is 6.04 Å². The Morgan fingerprint density at radius 3 is 2.85 bits per heavy atom. The van der Waals surface area contributed by atoms with Gasteiger partial charge < -0.3 is 10.4 Å². The number of halogens is 1. The lowest BCUT2D eigenvalue weighted by Gasteiger charge is -2.11. The van der Waals surface area contributed by atoms with Gasteiger partial charge in [0.05, 0.1) is 6.04 Å². The summed E-state index contributed by atoms with van der Waals surface area (Å²) in [5, 5.41) is 11.4. The van der Waals surface area contributed by atoms with Crippen LogP contribution in [0.4, 0.5) is 4.79 Å². The third kappa shape index (κ3) is 2.95. The zero-order valence-corrected chi connectivity index (χ0v) is 7.88. The Labute approximate surface area is 81.3 Å². The molecule has 1 aromatic rings. The normalized spacial score (nSPS) is 12.2. The second-order valence-corrected chi connectivity index (χ2v) is 3.16. The van der Waals surface area contributed by atoms with Gasteiger partial charge in [-0.15, -0.1) is 0 Å². The standard InChI is InChI=1S/C9H10ClNO2/c1-6(11-9(12)13)7-3-2-4-8(10)5-7/h2-6,11H,1H3,(H,12,13). The summed E-state index contributed by atoms with van der Waals surface area (Å²) in [6, 6.07) is 6.86. The van der Waals surface area contributed by atoms with E-state index in [0.717, 1.165) is 5.56 Å². The molecule has 3 nitrogen and oxygen atoms in total. The summed E-state index contributed by atoms with van der Waals surface area (Å²) in [6.45, 7) is 1.76. The molecule has 2 N–H and O–H groups in total. The van der Waals surface area contributed by atoms with Crippen molar-refractivity contribution in [1.82, 2.24) is 5.32 Å². The molecular weight excluding hydrogens is 190 g/mol. The Kier molecular flexibility index (Phi) is 3.14. The van der Waals surface area contributed by atoms with Crippen LogP contribution < -0.4 is 5.32 Å². The molecule has 1 aromatic carbocycles. The first kappa shape index (κ1) is 9.86. The second-order valence-electron chi connectivity index (χ2n) is 2.73. The molecule has 0 aliphatic heterocycles. The molecule has 0 saturated carbocycles. The minimum atomic E-state index is -1.03. The minimum Gasteiger partial charge on any atom is -0.465 e. The summed E-state index contributed by atoms with van der Waals surface area (Å²) in [5.74, 6) is 0. The van der Waals surface area contributed by atoms with Crippen molar-refractivity contribution in [3.63, 3.8) is 0 Å². The van der Waals surface area contributed by atoms with Gasteiger partial charge in [-0.05, 0) is 24.6 Å². The molecule has 1 unspecified atom stereocenters. The predicted octanol–water partition coefficient (Wildman–Crippen LogP) is 2.67. The number of hydrogen-bond acceptors (Lipinski definition) is 1. The first-order valence-electron chi connectivity index (χ1n) is 3.84. The van der Waals surface area contributed by atoms with Crippen molar-refractivity contribution >= 4 is 17.7 Å². The molecule has 70 valence electrons. The van der Waals surface area contributed by atoms with Gasteiger partial charge in [0.15, 0.2) is 0 Å². The minimum absolute atomic E-state index is 0.240. The Morgan fingerprint density at radius 1 is 1.62 bits per heavy atom. The highest BCUT2D eigenvalue weighted by atomic mass is 35.5. The molecule has 0 aromatic heterocycles. The zero-order chi connectivity index (χ0) is 9.84. The SMILES string of the molecule is CC(NC(=O)O)c1cccc(Cl)c1. The van der Waals surface area contributed by atoms with Crippen LogP contribution in [0.25, 0.3) is 0 Å². The molecular formula is C9H10ClNO2. The van der Waals surface area contributed by atoms with Gasteiger partial charge in [-0.3, -0.25) is 0 Å². The maximum Gasteiger partial charge on any atom is 0.405 e. The first-order chi connectivity index (χ1) is 6.09. The van der Waals surface area contributed by atoms with Crippen LogP contribution in [0.15, 0.2) is 24.3 Å². The summed E-state index contributed by atoms with van der Waals surface area (Å²) in [5.41, 5.74) is 0.856. The van der Waals surface area contributed by atoms with E-state index in [4.69, 9.17) is 16.7 Å².